The van der Waals surface area contributed by atoms with E-state index in [0.717, 1.165) is 41.0 Å². The quantitative estimate of drug-likeness (QED) is 0.239. The Morgan fingerprint density at radius 2 is 1.69 bits per heavy atom. The van der Waals surface area contributed by atoms with Gasteiger partial charge in [0.25, 0.3) is 5.56 Å². The van der Waals surface area contributed by atoms with Gasteiger partial charge in [0.15, 0.2) is 5.82 Å². The van der Waals surface area contributed by atoms with Gasteiger partial charge in [-0.05, 0) is 73.2 Å². The minimum absolute atomic E-state index is 0.259. The number of nitrogens with zero attached hydrogens (tertiary/aromatic N) is 5. The molecule has 39 heavy (non-hydrogen) atoms. The number of hydrogen-bond donors (Lipinski definition) is 0. The highest BCUT2D eigenvalue weighted by molar-refractivity contribution is 7.15. The van der Waals surface area contributed by atoms with Crippen molar-refractivity contribution in [3.05, 3.63) is 111 Å². The number of ether oxygens (including phenoxy) is 1. The van der Waals surface area contributed by atoms with Crippen molar-refractivity contribution in [2.24, 2.45) is 0 Å². The summed E-state index contributed by atoms with van der Waals surface area (Å²) in [5.41, 5.74) is 3.53. The number of unbranched alkanes of at least 4 members (excludes halogenated alkanes) is 1. The lowest BCUT2D eigenvalue weighted by molar-refractivity contribution is 0.309. The number of hydrogen-bond acceptors (Lipinski definition) is 6. The van der Waals surface area contributed by atoms with E-state index >= 15 is 0 Å². The second-order valence-electron chi connectivity index (χ2n) is 8.99. The number of para-hydroxylation sites is 1. The molecule has 6 aromatic rings. The first-order valence-electron chi connectivity index (χ1n) is 12.6. The lowest BCUT2D eigenvalue weighted by atomic mass is 10.1. The smallest absolute Gasteiger partial charge is 0.291 e. The van der Waals surface area contributed by atoms with Gasteiger partial charge in [-0.2, -0.15) is 14.6 Å². The summed E-state index contributed by atoms with van der Waals surface area (Å²) in [6.07, 6.45) is 5.73. The monoisotopic (exact) mass is 537 g/mol. The van der Waals surface area contributed by atoms with Gasteiger partial charge >= 0.3 is 0 Å². The minimum atomic E-state index is -0.325. The fourth-order valence-electron chi connectivity index (χ4n) is 4.17. The van der Waals surface area contributed by atoms with Crippen LogP contribution in [-0.2, 0) is 0 Å². The molecule has 7 nitrogen and oxygen atoms in total. The average molecular weight is 538 g/mol. The van der Waals surface area contributed by atoms with Crippen molar-refractivity contribution in [1.29, 1.82) is 0 Å². The van der Waals surface area contributed by atoms with E-state index in [2.05, 4.69) is 17.0 Å². The van der Waals surface area contributed by atoms with Crippen LogP contribution in [0, 0.1) is 5.82 Å². The Bertz CT molecular complexity index is 1840. The first kappa shape index (κ1) is 24.7. The molecule has 0 saturated heterocycles. The molecular formula is C30H24FN5O2S. The minimum Gasteiger partial charge on any atom is -0.494 e. The Hall–Kier alpha value is -4.63. The van der Waals surface area contributed by atoms with Crippen molar-refractivity contribution in [2.75, 3.05) is 6.61 Å². The Balaban J connectivity index is 1.37. The molecule has 194 valence electrons. The Labute approximate surface area is 227 Å². The highest BCUT2D eigenvalue weighted by Crippen LogP contribution is 2.25. The molecule has 0 aliphatic rings. The molecule has 3 aromatic heterocycles. The van der Waals surface area contributed by atoms with Gasteiger partial charge in [-0.25, -0.2) is 9.07 Å². The van der Waals surface area contributed by atoms with E-state index < -0.39 is 0 Å². The maximum Gasteiger partial charge on any atom is 0.291 e. The standard InChI is InChI=1S/C30H24FN5O2S/c1-2-3-17-38-25-15-11-21(12-16-25)28-32-30-36(34-28)29(37)26(39-30)18-22-19-35(24-7-5-4-6-8-24)33-27(22)20-9-13-23(31)14-10-20/h4-16,18-19H,2-3,17H2,1H3. The predicted molar refractivity (Wildman–Crippen MR) is 151 cm³/mol. The van der Waals surface area contributed by atoms with E-state index in [1.807, 2.05) is 60.8 Å². The molecule has 3 heterocycles. The summed E-state index contributed by atoms with van der Waals surface area (Å²) < 4.78 is 22.9. The Kier molecular flexibility index (Phi) is 6.73. The van der Waals surface area contributed by atoms with Crippen LogP contribution in [0.3, 0.4) is 0 Å². The van der Waals surface area contributed by atoms with E-state index in [-0.39, 0.29) is 11.4 Å². The van der Waals surface area contributed by atoms with E-state index in [1.54, 1.807) is 22.9 Å². The van der Waals surface area contributed by atoms with E-state index in [4.69, 9.17) is 9.84 Å². The molecule has 0 aliphatic carbocycles. The summed E-state index contributed by atoms with van der Waals surface area (Å²) in [7, 11) is 0. The zero-order chi connectivity index (χ0) is 26.8. The summed E-state index contributed by atoms with van der Waals surface area (Å²) in [5.74, 6) is 0.949. The number of rotatable bonds is 8. The zero-order valence-electron chi connectivity index (χ0n) is 21.1. The molecule has 0 N–H and O–H groups in total. The normalized spacial score (nSPS) is 11.9. The zero-order valence-corrected chi connectivity index (χ0v) is 21.9. The third-order valence-corrected chi connectivity index (χ3v) is 7.19. The van der Waals surface area contributed by atoms with Crippen molar-refractivity contribution in [3.63, 3.8) is 0 Å². The van der Waals surface area contributed by atoms with Gasteiger partial charge in [0.2, 0.25) is 4.96 Å². The van der Waals surface area contributed by atoms with Crippen molar-refractivity contribution >= 4 is 22.4 Å². The largest absolute Gasteiger partial charge is 0.494 e. The lowest BCUT2D eigenvalue weighted by Crippen LogP contribution is -2.23. The van der Waals surface area contributed by atoms with Crippen LogP contribution in [-0.4, -0.2) is 31.0 Å². The van der Waals surface area contributed by atoms with Crippen molar-refractivity contribution in [2.45, 2.75) is 19.8 Å². The molecular weight excluding hydrogens is 513 g/mol. The van der Waals surface area contributed by atoms with Crippen molar-refractivity contribution < 1.29 is 9.13 Å². The Morgan fingerprint density at radius 1 is 0.949 bits per heavy atom. The van der Waals surface area contributed by atoms with Gasteiger partial charge in [-0.1, -0.05) is 42.9 Å². The summed E-state index contributed by atoms with van der Waals surface area (Å²) in [6.45, 7) is 2.80. The van der Waals surface area contributed by atoms with Gasteiger partial charge in [0, 0.05) is 22.9 Å². The number of thiazole rings is 1. The number of benzene rings is 3. The molecule has 6 rings (SSSR count). The molecule has 0 radical (unpaired) electrons. The number of fused-ring (bicyclic) bond motifs is 1. The molecule has 0 aliphatic heterocycles. The first-order valence-corrected chi connectivity index (χ1v) is 13.5. The van der Waals surface area contributed by atoms with Crippen LogP contribution in [0.4, 0.5) is 4.39 Å². The van der Waals surface area contributed by atoms with Crippen LogP contribution in [0.5, 0.6) is 5.75 Å². The fourth-order valence-corrected chi connectivity index (χ4v) is 5.07. The fraction of sp³-hybridized carbons (Fsp3) is 0.133. The molecule has 0 spiro atoms. The molecule has 9 heteroatoms. The molecule has 0 fully saturated rings. The van der Waals surface area contributed by atoms with Gasteiger partial charge in [-0.3, -0.25) is 4.79 Å². The maximum atomic E-state index is 13.6. The predicted octanol–water partition coefficient (Wildman–Crippen LogP) is 5.54. The highest BCUT2D eigenvalue weighted by Gasteiger charge is 2.15. The molecule has 0 atom stereocenters. The van der Waals surface area contributed by atoms with Gasteiger partial charge < -0.3 is 4.74 Å². The van der Waals surface area contributed by atoms with Crippen LogP contribution in [0.2, 0.25) is 0 Å². The number of halogens is 1. The molecule has 0 bridgehead atoms. The first-order chi connectivity index (χ1) is 19.1. The highest BCUT2D eigenvalue weighted by atomic mass is 32.1. The van der Waals surface area contributed by atoms with Gasteiger partial charge in [0.05, 0.1) is 16.8 Å². The van der Waals surface area contributed by atoms with Crippen LogP contribution >= 0.6 is 11.3 Å². The summed E-state index contributed by atoms with van der Waals surface area (Å²) in [5, 5.41) is 9.22. The van der Waals surface area contributed by atoms with E-state index in [0.29, 0.717) is 27.6 Å². The van der Waals surface area contributed by atoms with Gasteiger partial charge in [-0.15, -0.1) is 5.10 Å². The van der Waals surface area contributed by atoms with Crippen molar-refractivity contribution in [3.8, 4) is 34.1 Å². The maximum absolute atomic E-state index is 13.6. The van der Waals surface area contributed by atoms with E-state index in [1.165, 1.54) is 28.0 Å². The lowest BCUT2D eigenvalue weighted by Gasteiger charge is -2.05. The van der Waals surface area contributed by atoms with Gasteiger partial charge in [0.1, 0.15) is 17.3 Å². The van der Waals surface area contributed by atoms with Crippen LogP contribution in [0.1, 0.15) is 25.3 Å². The molecule has 0 saturated carbocycles. The van der Waals surface area contributed by atoms with Crippen LogP contribution in [0.15, 0.2) is 89.9 Å². The second kappa shape index (κ2) is 10.6. The summed E-state index contributed by atoms with van der Waals surface area (Å²) >= 11 is 1.26. The number of aromatic nitrogens is 5. The van der Waals surface area contributed by atoms with Crippen molar-refractivity contribution in [1.82, 2.24) is 24.4 Å². The Morgan fingerprint density at radius 3 is 2.41 bits per heavy atom. The summed E-state index contributed by atoms with van der Waals surface area (Å²) in [4.78, 5) is 18.4. The second-order valence-corrected chi connectivity index (χ2v) is 10.0. The van der Waals surface area contributed by atoms with Crippen LogP contribution in [0.25, 0.3) is 39.4 Å². The summed E-state index contributed by atoms with van der Waals surface area (Å²) in [6, 6.07) is 23.4. The molecule has 0 amide bonds. The molecule has 3 aromatic carbocycles. The third kappa shape index (κ3) is 5.08. The topological polar surface area (TPSA) is 74.3 Å². The van der Waals surface area contributed by atoms with E-state index in [9.17, 15) is 9.18 Å². The average Bonchev–Trinajstić information content (AvgIpc) is 3.65. The van der Waals surface area contributed by atoms with Crippen LogP contribution < -0.4 is 14.8 Å². The SMILES string of the molecule is CCCCOc1ccc(-c2nc3sc(=Cc4cn(-c5ccccc5)nc4-c4ccc(F)cc4)c(=O)n3n2)cc1. The third-order valence-electron chi connectivity index (χ3n) is 6.23. The molecule has 0 unspecified atom stereocenters.